The number of benzene rings is 1. The van der Waals surface area contributed by atoms with E-state index in [9.17, 15) is 4.79 Å². The summed E-state index contributed by atoms with van der Waals surface area (Å²) in [6.45, 7) is 4.12. The molecule has 0 aliphatic heterocycles. The Morgan fingerprint density at radius 1 is 1.23 bits per heavy atom. The molecule has 1 aromatic carbocycles. The van der Waals surface area contributed by atoms with Gasteiger partial charge in [-0.25, -0.2) is 4.98 Å². The Morgan fingerprint density at radius 2 is 2.12 bits per heavy atom. The zero-order valence-corrected chi connectivity index (χ0v) is 15.1. The number of aryl methyl sites for hydroxylation is 2. The third-order valence-corrected chi connectivity index (χ3v) is 4.74. The molecular formula is C19H16N4O2S. The summed E-state index contributed by atoms with van der Waals surface area (Å²) in [5.74, 6) is 0.309. The quantitative estimate of drug-likeness (QED) is 0.551. The van der Waals surface area contributed by atoms with Gasteiger partial charge in [-0.1, -0.05) is 23.8 Å². The van der Waals surface area contributed by atoms with Crippen molar-refractivity contribution < 1.29 is 9.21 Å². The van der Waals surface area contributed by atoms with E-state index in [1.165, 1.54) is 16.9 Å². The first-order valence-corrected chi connectivity index (χ1v) is 8.92. The van der Waals surface area contributed by atoms with Gasteiger partial charge in [-0.2, -0.15) is 5.10 Å². The number of furan rings is 1. The zero-order chi connectivity index (χ0) is 18.1. The fraction of sp³-hybridized carbons (Fsp3) is 0.105. The number of rotatable bonds is 4. The molecule has 3 aromatic heterocycles. The summed E-state index contributed by atoms with van der Waals surface area (Å²) >= 11 is 1.39. The van der Waals surface area contributed by atoms with E-state index >= 15 is 0 Å². The molecule has 0 saturated carbocycles. The van der Waals surface area contributed by atoms with Gasteiger partial charge in [0.2, 0.25) is 0 Å². The van der Waals surface area contributed by atoms with E-state index in [0.717, 1.165) is 16.8 Å². The van der Waals surface area contributed by atoms with E-state index in [1.54, 1.807) is 24.5 Å². The number of aromatic amines is 1. The average molecular weight is 364 g/mol. The normalized spacial score (nSPS) is 10.8. The molecule has 0 fully saturated rings. The lowest BCUT2D eigenvalue weighted by atomic mass is 10.0. The summed E-state index contributed by atoms with van der Waals surface area (Å²) in [6.07, 6.45) is 1.57. The molecule has 130 valence electrons. The van der Waals surface area contributed by atoms with Crippen LogP contribution in [0.5, 0.6) is 0 Å². The van der Waals surface area contributed by atoms with Crippen LogP contribution in [0.1, 0.15) is 21.6 Å². The van der Waals surface area contributed by atoms with Crippen LogP contribution in [0.15, 0.2) is 52.5 Å². The smallest absolute Gasteiger partial charge is 0.277 e. The number of aromatic nitrogens is 3. The van der Waals surface area contributed by atoms with E-state index in [-0.39, 0.29) is 11.6 Å². The average Bonchev–Trinajstić information content (AvgIpc) is 3.36. The Balaban J connectivity index is 1.51. The molecule has 0 unspecified atom stereocenters. The van der Waals surface area contributed by atoms with Crippen LogP contribution < -0.4 is 5.32 Å². The van der Waals surface area contributed by atoms with Crippen molar-refractivity contribution in [2.24, 2.45) is 0 Å². The summed E-state index contributed by atoms with van der Waals surface area (Å²) in [6, 6.07) is 11.4. The number of hydrogen-bond acceptors (Lipinski definition) is 5. The molecule has 1 amide bonds. The molecule has 3 heterocycles. The fourth-order valence-electron chi connectivity index (χ4n) is 2.71. The van der Waals surface area contributed by atoms with Gasteiger partial charge in [0.05, 0.1) is 12.0 Å². The molecule has 6 nitrogen and oxygen atoms in total. The maximum atomic E-state index is 12.4. The third-order valence-electron chi connectivity index (χ3n) is 3.98. The number of hydrogen-bond donors (Lipinski definition) is 2. The lowest BCUT2D eigenvalue weighted by molar-refractivity contribution is 0.102. The van der Waals surface area contributed by atoms with Crippen LogP contribution in [0.2, 0.25) is 0 Å². The van der Waals surface area contributed by atoms with Crippen LogP contribution in [0.4, 0.5) is 5.13 Å². The fourth-order valence-corrected chi connectivity index (χ4v) is 3.42. The van der Waals surface area contributed by atoms with E-state index in [2.05, 4.69) is 52.5 Å². The number of amides is 1. The van der Waals surface area contributed by atoms with E-state index in [4.69, 9.17) is 4.42 Å². The van der Waals surface area contributed by atoms with Crippen molar-refractivity contribution in [1.29, 1.82) is 0 Å². The summed E-state index contributed by atoms with van der Waals surface area (Å²) in [5, 5.41) is 12.1. The van der Waals surface area contributed by atoms with E-state index < -0.39 is 0 Å². The number of nitrogens with zero attached hydrogens (tertiary/aromatic N) is 2. The van der Waals surface area contributed by atoms with Crippen molar-refractivity contribution in [3.63, 3.8) is 0 Å². The predicted molar refractivity (Wildman–Crippen MR) is 101 cm³/mol. The first-order valence-electron chi connectivity index (χ1n) is 8.04. The summed E-state index contributed by atoms with van der Waals surface area (Å²) in [4.78, 5) is 16.9. The second kappa shape index (κ2) is 6.61. The van der Waals surface area contributed by atoms with Crippen molar-refractivity contribution in [3.05, 3.63) is 64.9 Å². The minimum Gasteiger partial charge on any atom is -0.463 e. The largest absolute Gasteiger partial charge is 0.463 e. The highest BCUT2D eigenvalue weighted by Crippen LogP contribution is 2.28. The molecule has 7 heteroatoms. The van der Waals surface area contributed by atoms with Gasteiger partial charge in [0.25, 0.3) is 5.91 Å². The Bertz CT molecular complexity index is 1060. The van der Waals surface area contributed by atoms with Gasteiger partial charge in [0.1, 0.15) is 5.69 Å². The zero-order valence-electron chi connectivity index (χ0n) is 14.2. The Labute approximate surface area is 153 Å². The second-order valence-corrected chi connectivity index (χ2v) is 6.81. The number of nitrogens with one attached hydrogen (secondary N) is 2. The highest BCUT2D eigenvalue weighted by Gasteiger charge is 2.15. The van der Waals surface area contributed by atoms with Crippen LogP contribution in [-0.4, -0.2) is 21.1 Å². The molecular weight excluding hydrogens is 348 g/mol. The van der Waals surface area contributed by atoms with Crippen LogP contribution in [0.25, 0.3) is 22.7 Å². The van der Waals surface area contributed by atoms with Gasteiger partial charge >= 0.3 is 0 Å². The molecule has 4 rings (SSSR count). The number of carbonyl (C=O) groups is 1. The van der Waals surface area contributed by atoms with Gasteiger partial charge < -0.3 is 4.42 Å². The third kappa shape index (κ3) is 3.16. The minimum absolute atomic E-state index is 0.277. The highest BCUT2D eigenvalue weighted by atomic mass is 32.1. The molecule has 0 aliphatic carbocycles. The number of carbonyl (C=O) groups excluding carboxylic acids is 1. The van der Waals surface area contributed by atoms with Crippen LogP contribution in [0.3, 0.4) is 0 Å². The number of H-pyrrole nitrogens is 1. The van der Waals surface area contributed by atoms with E-state index in [0.29, 0.717) is 16.6 Å². The van der Waals surface area contributed by atoms with Gasteiger partial charge in [0, 0.05) is 17.0 Å². The lowest BCUT2D eigenvalue weighted by Crippen LogP contribution is -2.12. The Morgan fingerprint density at radius 3 is 2.88 bits per heavy atom. The Hall–Kier alpha value is -3.19. The minimum atomic E-state index is -0.319. The standard InChI is InChI=1S/C19H16N4O2S/c1-11-5-6-13(12(2)8-11)16-10-26-19(20-16)21-18(24)15-9-14(22-23-15)17-4-3-7-25-17/h3-10H,1-2H3,(H,22,23)(H,20,21,24). The summed E-state index contributed by atoms with van der Waals surface area (Å²) in [5.41, 5.74) is 5.20. The second-order valence-electron chi connectivity index (χ2n) is 5.95. The van der Waals surface area contributed by atoms with Gasteiger partial charge in [-0.15, -0.1) is 11.3 Å². The SMILES string of the molecule is Cc1ccc(-c2csc(NC(=O)c3cc(-c4ccco4)[nH]n3)n2)c(C)c1. The monoisotopic (exact) mass is 364 g/mol. The molecule has 26 heavy (non-hydrogen) atoms. The van der Waals surface area contributed by atoms with Gasteiger partial charge in [0.15, 0.2) is 16.6 Å². The van der Waals surface area contributed by atoms with Gasteiger partial charge in [-0.05, 0) is 31.5 Å². The summed E-state index contributed by atoms with van der Waals surface area (Å²) < 4.78 is 5.29. The van der Waals surface area contributed by atoms with Crippen LogP contribution >= 0.6 is 11.3 Å². The lowest BCUT2D eigenvalue weighted by Gasteiger charge is -2.03. The molecule has 0 radical (unpaired) electrons. The van der Waals surface area contributed by atoms with Crippen molar-refractivity contribution in [2.45, 2.75) is 13.8 Å². The maximum Gasteiger partial charge on any atom is 0.277 e. The molecule has 4 aromatic rings. The van der Waals surface area contributed by atoms with Crippen LogP contribution in [0, 0.1) is 13.8 Å². The molecule has 0 bridgehead atoms. The van der Waals surface area contributed by atoms with E-state index in [1.807, 2.05) is 5.38 Å². The van der Waals surface area contributed by atoms with Crippen molar-refractivity contribution in [3.8, 4) is 22.7 Å². The maximum absolute atomic E-state index is 12.4. The highest BCUT2D eigenvalue weighted by molar-refractivity contribution is 7.14. The molecule has 0 spiro atoms. The Kier molecular flexibility index (Phi) is 4.14. The number of anilines is 1. The predicted octanol–water partition coefficient (Wildman–Crippen LogP) is 4.66. The molecule has 0 aliphatic rings. The topological polar surface area (TPSA) is 83.8 Å². The molecule has 0 atom stereocenters. The van der Waals surface area contributed by atoms with Gasteiger partial charge in [-0.3, -0.25) is 15.2 Å². The van der Waals surface area contributed by atoms with Crippen molar-refractivity contribution in [2.75, 3.05) is 5.32 Å². The van der Waals surface area contributed by atoms with Crippen LogP contribution in [-0.2, 0) is 0 Å². The summed E-state index contributed by atoms with van der Waals surface area (Å²) in [7, 11) is 0. The molecule has 0 saturated heterocycles. The first kappa shape index (κ1) is 16.3. The number of thiazole rings is 1. The molecule has 2 N–H and O–H groups in total. The van der Waals surface area contributed by atoms with Crippen molar-refractivity contribution in [1.82, 2.24) is 15.2 Å². The first-order chi connectivity index (χ1) is 12.6. The van der Waals surface area contributed by atoms with Crippen molar-refractivity contribution >= 4 is 22.4 Å².